The van der Waals surface area contributed by atoms with Crippen LogP contribution in [0.25, 0.3) is 0 Å². The molecule has 0 atom stereocenters. The van der Waals surface area contributed by atoms with E-state index in [0.717, 1.165) is 36.1 Å². The van der Waals surface area contributed by atoms with Crippen LogP contribution < -0.4 is 5.32 Å². The van der Waals surface area contributed by atoms with E-state index in [1.165, 1.54) is 12.1 Å². The number of carbonyl (C=O) groups excluding carboxylic acids is 2. The first kappa shape index (κ1) is 21.2. The molecule has 0 aliphatic carbocycles. The normalized spacial score (nSPS) is 17.4. The lowest BCUT2D eigenvalue weighted by molar-refractivity contribution is 0.139. The lowest BCUT2D eigenvalue weighted by atomic mass is 10.0. The minimum absolute atomic E-state index is 0.0316. The lowest BCUT2D eigenvalue weighted by Crippen LogP contribution is -2.49. The van der Waals surface area contributed by atoms with Gasteiger partial charge < -0.3 is 20.0 Å². The molecule has 164 valence electrons. The van der Waals surface area contributed by atoms with Gasteiger partial charge in [-0.15, -0.1) is 0 Å². The molecule has 0 aromatic heterocycles. The molecule has 4 amide bonds. The number of urea groups is 2. The second kappa shape index (κ2) is 9.37. The summed E-state index contributed by atoms with van der Waals surface area (Å²) in [6, 6.07) is 14.3. The molecule has 2 aliphatic heterocycles. The molecule has 1 N–H and O–H groups in total. The number of rotatable bonds is 5. The second-order valence-electron chi connectivity index (χ2n) is 8.18. The van der Waals surface area contributed by atoms with Crippen molar-refractivity contribution in [3.63, 3.8) is 0 Å². The fraction of sp³-hybridized carbons (Fsp3) is 0.417. The minimum atomic E-state index is -0.271. The van der Waals surface area contributed by atoms with Gasteiger partial charge >= 0.3 is 12.1 Å². The van der Waals surface area contributed by atoms with E-state index in [2.05, 4.69) is 12.2 Å². The topological polar surface area (TPSA) is 55.9 Å². The summed E-state index contributed by atoms with van der Waals surface area (Å²) in [6.07, 6.45) is 2.42. The fourth-order valence-corrected chi connectivity index (χ4v) is 4.42. The van der Waals surface area contributed by atoms with E-state index in [-0.39, 0.29) is 23.9 Å². The summed E-state index contributed by atoms with van der Waals surface area (Å²) in [6.45, 7) is 5.20. The molecule has 4 rings (SSSR count). The van der Waals surface area contributed by atoms with Gasteiger partial charge in [-0.3, -0.25) is 0 Å². The van der Waals surface area contributed by atoms with Crippen LogP contribution in [-0.4, -0.2) is 59.0 Å². The highest BCUT2D eigenvalue weighted by Gasteiger charge is 2.36. The van der Waals surface area contributed by atoms with Crippen LogP contribution in [-0.2, 0) is 13.0 Å². The van der Waals surface area contributed by atoms with Gasteiger partial charge in [0.1, 0.15) is 5.82 Å². The largest absolute Gasteiger partial charge is 0.324 e. The Hall–Kier alpha value is -3.09. The van der Waals surface area contributed by atoms with Crippen molar-refractivity contribution >= 4 is 17.7 Å². The molecule has 0 bridgehead atoms. The molecule has 2 saturated heterocycles. The third-order valence-corrected chi connectivity index (χ3v) is 6.25. The van der Waals surface area contributed by atoms with Crippen molar-refractivity contribution in [2.24, 2.45) is 0 Å². The lowest BCUT2D eigenvalue weighted by Gasteiger charge is -2.36. The van der Waals surface area contributed by atoms with E-state index < -0.39 is 0 Å². The Morgan fingerprint density at radius 2 is 1.74 bits per heavy atom. The van der Waals surface area contributed by atoms with Crippen LogP contribution in [0.4, 0.5) is 19.7 Å². The van der Waals surface area contributed by atoms with Gasteiger partial charge in [-0.05, 0) is 48.6 Å². The monoisotopic (exact) mass is 424 g/mol. The standard InChI is InChI=1S/C24H29FN4O2/c1-2-19-5-3-4-6-22(19)26-23(30)27-13-11-21(12-14-27)29-16-15-28(24(29)31)17-18-7-9-20(25)10-8-18/h3-10,21H,2,11-17H2,1H3,(H,26,30). The third-order valence-electron chi connectivity index (χ3n) is 6.25. The number of benzene rings is 2. The zero-order chi connectivity index (χ0) is 21.8. The maximum atomic E-state index is 13.1. The molecule has 7 heteroatoms. The Morgan fingerprint density at radius 1 is 1.03 bits per heavy atom. The highest BCUT2D eigenvalue weighted by molar-refractivity contribution is 5.90. The summed E-state index contributed by atoms with van der Waals surface area (Å²) in [5.74, 6) is -0.271. The van der Waals surface area contributed by atoms with Gasteiger partial charge in [0, 0.05) is 44.5 Å². The number of carbonyl (C=O) groups is 2. The molecule has 2 fully saturated rings. The van der Waals surface area contributed by atoms with Gasteiger partial charge in [-0.25, -0.2) is 14.0 Å². The van der Waals surface area contributed by atoms with E-state index in [0.29, 0.717) is 32.7 Å². The van der Waals surface area contributed by atoms with Crippen LogP contribution >= 0.6 is 0 Å². The number of piperidine rings is 1. The van der Waals surface area contributed by atoms with Gasteiger partial charge in [-0.2, -0.15) is 0 Å². The van der Waals surface area contributed by atoms with Gasteiger partial charge in [0.15, 0.2) is 0 Å². The molecule has 2 heterocycles. The van der Waals surface area contributed by atoms with E-state index in [1.807, 2.05) is 39.0 Å². The van der Waals surface area contributed by atoms with Crippen molar-refractivity contribution in [1.82, 2.24) is 14.7 Å². The maximum Gasteiger partial charge on any atom is 0.321 e. The number of nitrogens with one attached hydrogen (secondary N) is 1. The zero-order valence-corrected chi connectivity index (χ0v) is 17.9. The van der Waals surface area contributed by atoms with Crippen LogP contribution in [0.15, 0.2) is 48.5 Å². The van der Waals surface area contributed by atoms with Crippen molar-refractivity contribution in [1.29, 1.82) is 0 Å². The van der Waals surface area contributed by atoms with Crippen LogP contribution in [0.1, 0.15) is 30.9 Å². The van der Waals surface area contributed by atoms with Crippen LogP contribution in [0.2, 0.25) is 0 Å². The van der Waals surface area contributed by atoms with Crippen molar-refractivity contribution in [3.8, 4) is 0 Å². The average molecular weight is 425 g/mol. The summed E-state index contributed by atoms with van der Waals surface area (Å²) >= 11 is 0. The Bertz CT molecular complexity index is 925. The molecular formula is C24H29FN4O2. The van der Waals surface area contributed by atoms with Gasteiger partial charge in [0.05, 0.1) is 0 Å². The smallest absolute Gasteiger partial charge is 0.321 e. The average Bonchev–Trinajstić information content (AvgIpc) is 3.15. The SMILES string of the molecule is CCc1ccccc1NC(=O)N1CCC(N2CCN(Cc3ccc(F)cc3)C2=O)CC1. The van der Waals surface area contributed by atoms with Gasteiger partial charge in [-0.1, -0.05) is 37.3 Å². The molecule has 0 radical (unpaired) electrons. The number of nitrogens with zero attached hydrogens (tertiary/aromatic N) is 3. The number of hydrogen-bond acceptors (Lipinski definition) is 2. The van der Waals surface area contributed by atoms with Crippen molar-refractivity contribution < 1.29 is 14.0 Å². The summed E-state index contributed by atoms with van der Waals surface area (Å²) in [5.41, 5.74) is 2.91. The van der Waals surface area contributed by atoms with E-state index in [9.17, 15) is 14.0 Å². The van der Waals surface area contributed by atoms with Crippen LogP contribution in [0.3, 0.4) is 0 Å². The quantitative estimate of drug-likeness (QED) is 0.777. The van der Waals surface area contributed by atoms with Crippen molar-refractivity contribution in [2.45, 2.75) is 38.8 Å². The second-order valence-corrected chi connectivity index (χ2v) is 8.18. The Labute approximate surface area is 182 Å². The fourth-order valence-electron chi connectivity index (χ4n) is 4.42. The number of para-hydroxylation sites is 1. The Morgan fingerprint density at radius 3 is 2.45 bits per heavy atom. The molecule has 2 aromatic carbocycles. The third kappa shape index (κ3) is 4.81. The molecule has 0 saturated carbocycles. The number of aryl methyl sites for hydroxylation is 1. The Kier molecular flexibility index (Phi) is 6.39. The number of hydrogen-bond donors (Lipinski definition) is 1. The van der Waals surface area contributed by atoms with E-state index in [4.69, 9.17) is 0 Å². The number of anilines is 1. The predicted molar refractivity (Wildman–Crippen MR) is 118 cm³/mol. The van der Waals surface area contributed by atoms with Crippen molar-refractivity contribution in [2.75, 3.05) is 31.5 Å². The molecule has 31 heavy (non-hydrogen) atoms. The minimum Gasteiger partial charge on any atom is -0.324 e. The van der Waals surface area contributed by atoms with Crippen LogP contribution in [0.5, 0.6) is 0 Å². The highest BCUT2D eigenvalue weighted by Crippen LogP contribution is 2.24. The number of halogens is 1. The molecular weight excluding hydrogens is 395 g/mol. The molecule has 2 aliphatic rings. The summed E-state index contributed by atoms with van der Waals surface area (Å²) in [5, 5.41) is 3.03. The van der Waals surface area contributed by atoms with E-state index >= 15 is 0 Å². The molecule has 6 nitrogen and oxygen atoms in total. The summed E-state index contributed by atoms with van der Waals surface area (Å²) < 4.78 is 13.1. The molecule has 0 unspecified atom stereocenters. The van der Waals surface area contributed by atoms with Gasteiger partial charge in [0.2, 0.25) is 0 Å². The first-order valence-corrected chi connectivity index (χ1v) is 11.0. The predicted octanol–water partition coefficient (Wildman–Crippen LogP) is 4.32. The van der Waals surface area contributed by atoms with Crippen LogP contribution in [0, 0.1) is 5.82 Å². The highest BCUT2D eigenvalue weighted by atomic mass is 19.1. The first-order chi connectivity index (χ1) is 15.0. The zero-order valence-electron chi connectivity index (χ0n) is 17.9. The van der Waals surface area contributed by atoms with Crippen molar-refractivity contribution in [3.05, 3.63) is 65.5 Å². The maximum absolute atomic E-state index is 13.1. The van der Waals surface area contributed by atoms with E-state index in [1.54, 1.807) is 12.1 Å². The summed E-state index contributed by atoms with van der Waals surface area (Å²) in [7, 11) is 0. The first-order valence-electron chi connectivity index (χ1n) is 11.0. The molecule has 2 aromatic rings. The molecule has 0 spiro atoms. The Balaban J connectivity index is 1.29. The number of likely N-dealkylation sites (tertiary alicyclic amines) is 1. The number of amides is 4. The van der Waals surface area contributed by atoms with Gasteiger partial charge in [0.25, 0.3) is 0 Å². The summed E-state index contributed by atoms with van der Waals surface area (Å²) in [4.78, 5) is 31.2.